The lowest BCUT2D eigenvalue weighted by Gasteiger charge is -2.26. The summed E-state index contributed by atoms with van der Waals surface area (Å²) in [6.45, 7) is 7.34. The van der Waals surface area contributed by atoms with Gasteiger partial charge in [0.25, 0.3) is 0 Å². The van der Waals surface area contributed by atoms with E-state index in [1.54, 1.807) is 0 Å². The molecule has 5 heteroatoms. The summed E-state index contributed by atoms with van der Waals surface area (Å²) in [5.74, 6) is 0.818. The zero-order chi connectivity index (χ0) is 17.8. The van der Waals surface area contributed by atoms with Crippen molar-refractivity contribution in [1.29, 1.82) is 0 Å². The molecule has 0 aliphatic carbocycles. The van der Waals surface area contributed by atoms with Crippen molar-refractivity contribution >= 4 is 0 Å². The number of ether oxygens (including phenoxy) is 1. The maximum atomic E-state index is 5.41. The molecule has 0 amide bonds. The van der Waals surface area contributed by atoms with Gasteiger partial charge in [-0.25, -0.2) is 0 Å². The number of rotatable bonds is 5. The third-order valence-electron chi connectivity index (χ3n) is 4.72. The van der Waals surface area contributed by atoms with Gasteiger partial charge in [-0.2, -0.15) is 0 Å². The van der Waals surface area contributed by atoms with Gasteiger partial charge < -0.3 is 9.26 Å². The minimum atomic E-state index is 0.718. The van der Waals surface area contributed by atoms with Crippen molar-refractivity contribution in [2.75, 3.05) is 26.3 Å². The number of hydrogen-bond acceptors (Lipinski definition) is 4. The topological polar surface area (TPSA) is 42.4 Å². The number of aromatic nitrogens is 2. The first-order valence-electron chi connectivity index (χ1n) is 9.08. The van der Waals surface area contributed by atoms with E-state index in [2.05, 4.69) is 58.7 Å². The molecule has 0 atom stereocenters. The molecule has 0 unspecified atom stereocenters. The van der Waals surface area contributed by atoms with Gasteiger partial charge in [-0.3, -0.25) is 4.90 Å². The van der Waals surface area contributed by atoms with E-state index in [0.717, 1.165) is 45.2 Å². The number of aryl methyl sites for hydroxylation is 1. The van der Waals surface area contributed by atoms with Gasteiger partial charge >= 0.3 is 0 Å². The van der Waals surface area contributed by atoms with Crippen molar-refractivity contribution in [2.45, 2.75) is 20.0 Å². The molecule has 3 aromatic rings. The largest absolute Gasteiger partial charge is 0.379 e. The number of morpholine rings is 1. The summed E-state index contributed by atoms with van der Waals surface area (Å²) in [5, 5.41) is 3.98. The predicted molar refractivity (Wildman–Crippen MR) is 98.5 cm³/mol. The summed E-state index contributed by atoms with van der Waals surface area (Å²) in [6, 6.07) is 17.5. The average Bonchev–Trinajstić information content (AvgIpc) is 3.09. The van der Waals surface area contributed by atoms with Gasteiger partial charge in [0.05, 0.1) is 13.2 Å². The van der Waals surface area contributed by atoms with Crippen LogP contribution in [0, 0.1) is 6.92 Å². The van der Waals surface area contributed by atoms with Crippen molar-refractivity contribution < 1.29 is 13.9 Å². The maximum absolute atomic E-state index is 5.41. The van der Waals surface area contributed by atoms with Crippen LogP contribution in [0.4, 0.5) is 0 Å². The van der Waals surface area contributed by atoms with Crippen LogP contribution < -0.4 is 4.68 Å². The molecule has 2 aromatic carbocycles. The highest BCUT2D eigenvalue weighted by Gasteiger charge is 2.11. The quantitative estimate of drug-likeness (QED) is 0.664. The molecular weight excluding hydrogens is 326 g/mol. The lowest BCUT2D eigenvalue weighted by atomic mass is 10.0. The summed E-state index contributed by atoms with van der Waals surface area (Å²) >= 11 is 0. The van der Waals surface area contributed by atoms with Crippen LogP contribution in [-0.4, -0.2) is 36.5 Å². The molecule has 0 saturated carbocycles. The molecule has 134 valence electrons. The highest BCUT2D eigenvalue weighted by molar-refractivity contribution is 5.63. The van der Waals surface area contributed by atoms with Gasteiger partial charge in [0.15, 0.2) is 5.27 Å². The average molecular weight is 350 g/mol. The molecule has 1 aliphatic heterocycles. The zero-order valence-electron chi connectivity index (χ0n) is 15.1. The molecule has 0 spiro atoms. The standard InChI is InChI=1S/C21H24N3O2/c1-17-14-24(22-26-17)16-19-4-8-21(9-5-19)20-6-2-18(3-7-20)15-23-10-12-25-13-11-23/h2-9,14H,10-13,15-16H2,1H3/q+1. The Labute approximate surface area is 153 Å². The Balaban J connectivity index is 1.40. The van der Waals surface area contributed by atoms with Crippen LogP contribution in [0.5, 0.6) is 0 Å². The summed E-state index contributed by atoms with van der Waals surface area (Å²) < 4.78 is 12.3. The Morgan fingerprint density at radius 3 is 2.12 bits per heavy atom. The molecule has 0 N–H and O–H groups in total. The van der Waals surface area contributed by atoms with Crippen molar-refractivity contribution in [1.82, 2.24) is 10.2 Å². The van der Waals surface area contributed by atoms with Crippen molar-refractivity contribution in [3.8, 4) is 11.1 Å². The minimum Gasteiger partial charge on any atom is -0.379 e. The van der Waals surface area contributed by atoms with E-state index in [0.29, 0.717) is 0 Å². The van der Waals surface area contributed by atoms with Gasteiger partial charge in [-0.05, 0) is 21.4 Å². The fourth-order valence-corrected chi connectivity index (χ4v) is 3.26. The van der Waals surface area contributed by atoms with Crippen molar-refractivity contribution in [3.05, 3.63) is 71.6 Å². The van der Waals surface area contributed by atoms with Crippen LogP contribution in [-0.2, 0) is 17.8 Å². The van der Waals surface area contributed by atoms with E-state index in [4.69, 9.17) is 9.26 Å². The molecule has 5 nitrogen and oxygen atoms in total. The number of benzene rings is 2. The molecule has 4 rings (SSSR count). The van der Waals surface area contributed by atoms with Crippen molar-refractivity contribution in [3.63, 3.8) is 0 Å². The minimum absolute atomic E-state index is 0.718. The Morgan fingerprint density at radius 1 is 0.923 bits per heavy atom. The lowest BCUT2D eigenvalue weighted by molar-refractivity contribution is -0.754. The van der Waals surface area contributed by atoms with E-state index in [9.17, 15) is 0 Å². The van der Waals surface area contributed by atoms with Gasteiger partial charge in [0, 0.05) is 32.1 Å². The summed E-state index contributed by atoms with van der Waals surface area (Å²) in [7, 11) is 0. The molecular formula is C21H24N3O2+. The molecule has 26 heavy (non-hydrogen) atoms. The summed E-state index contributed by atoms with van der Waals surface area (Å²) in [6.07, 6.45) is 1.90. The van der Waals surface area contributed by atoms with Crippen LogP contribution in [0.1, 0.15) is 16.9 Å². The molecule has 2 heterocycles. The van der Waals surface area contributed by atoms with E-state index in [-0.39, 0.29) is 0 Å². The first-order valence-corrected chi connectivity index (χ1v) is 9.08. The van der Waals surface area contributed by atoms with Crippen LogP contribution in [0.3, 0.4) is 0 Å². The Bertz CT molecular complexity index is 834. The van der Waals surface area contributed by atoms with Gasteiger partial charge in [0.2, 0.25) is 18.5 Å². The third-order valence-corrected chi connectivity index (χ3v) is 4.72. The SMILES string of the molecule is Cc1c[n+](Cc2ccc(-c3ccc(CN4CCOCC4)cc3)cc2)no1. The molecule has 1 fully saturated rings. The Kier molecular flexibility index (Phi) is 5.09. The van der Waals surface area contributed by atoms with Gasteiger partial charge in [-0.15, -0.1) is 0 Å². The summed E-state index contributed by atoms with van der Waals surface area (Å²) in [4.78, 5) is 2.44. The van der Waals surface area contributed by atoms with Crippen molar-refractivity contribution in [2.24, 2.45) is 0 Å². The first kappa shape index (κ1) is 16.9. The summed E-state index contributed by atoms with van der Waals surface area (Å²) in [5.41, 5.74) is 5.03. The third kappa shape index (κ3) is 4.18. The maximum Gasteiger partial charge on any atom is 0.240 e. The fourth-order valence-electron chi connectivity index (χ4n) is 3.26. The van der Waals surface area contributed by atoms with Gasteiger partial charge in [0.1, 0.15) is 0 Å². The van der Waals surface area contributed by atoms with E-state index in [1.165, 1.54) is 22.3 Å². The Hall–Kier alpha value is -2.50. The zero-order valence-corrected chi connectivity index (χ0v) is 15.1. The molecule has 1 saturated heterocycles. The Morgan fingerprint density at radius 2 is 1.54 bits per heavy atom. The number of hydrogen-bond donors (Lipinski definition) is 0. The molecule has 0 radical (unpaired) electrons. The number of nitrogens with zero attached hydrogens (tertiary/aromatic N) is 3. The first-order chi connectivity index (χ1) is 12.8. The van der Waals surface area contributed by atoms with E-state index < -0.39 is 0 Å². The predicted octanol–water partition coefficient (Wildman–Crippen LogP) is 2.82. The lowest BCUT2D eigenvalue weighted by Crippen LogP contribution is -2.35. The second kappa shape index (κ2) is 7.81. The second-order valence-corrected chi connectivity index (χ2v) is 6.79. The smallest absolute Gasteiger partial charge is 0.240 e. The molecule has 0 bridgehead atoms. The van der Waals surface area contributed by atoms with Crippen LogP contribution in [0.2, 0.25) is 0 Å². The molecule has 1 aromatic heterocycles. The van der Waals surface area contributed by atoms with Crippen LogP contribution >= 0.6 is 0 Å². The monoisotopic (exact) mass is 350 g/mol. The van der Waals surface area contributed by atoms with E-state index >= 15 is 0 Å². The molecule has 1 aliphatic rings. The second-order valence-electron chi connectivity index (χ2n) is 6.79. The highest BCUT2D eigenvalue weighted by atomic mass is 16.5. The normalized spacial score (nSPS) is 15.3. The fraction of sp³-hybridized carbons (Fsp3) is 0.333. The van der Waals surface area contributed by atoms with Crippen LogP contribution in [0.15, 0.2) is 59.3 Å². The van der Waals surface area contributed by atoms with Crippen LogP contribution in [0.25, 0.3) is 11.1 Å². The van der Waals surface area contributed by atoms with Gasteiger partial charge in [-0.1, -0.05) is 48.5 Å². The highest BCUT2D eigenvalue weighted by Crippen LogP contribution is 2.21. The van der Waals surface area contributed by atoms with E-state index in [1.807, 2.05) is 17.8 Å².